The highest BCUT2D eigenvalue weighted by Gasteiger charge is 2.13. The fraction of sp³-hybridized carbons (Fsp3) is 0.312. The first kappa shape index (κ1) is 17.3. The Hall–Kier alpha value is -1.52. The average Bonchev–Trinajstić information content (AvgIpc) is 2.59. The van der Waals surface area contributed by atoms with Crippen LogP contribution >= 0.6 is 35.0 Å². The number of aromatic nitrogens is 3. The third kappa shape index (κ3) is 4.31. The van der Waals surface area contributed by atoms with Gasteiger partial charge < -0.3 is 10.5 Å². The number of ether oxygens (including phenoxy) is 1. The van der Waals surface area contributed by atoms with Crippen LogP contribution < -0.4 is 5.73 Å². The van der Waals surface area contributed by atoms with Crippen molar-refractivity contribution >= 4 is 40.8 Å². The third-order valence-electron chi connectivity index (χ3n) is 3.41. The number of hydrogen-bond acceptors (Lipinski definition) is 6. The predicted molar refractivity (Wildman–Crippen MR) is 95.2 cm³/mol. The van der Waals surface area contributed by atoms with E-state index in [2.05, 4.69) is 26.8 Å². The fourth-order valence-electron chi connectivity index (χ4n) is 2.16. The lowest BCUT2D eigenvalue weighted by atomic mass is 10.0. The summed E-state index contributed by atoms with van der Waals surface area (Å²) in [7, 11) is 0. The van der Waals surface area contributed by atoms with Crippen molar-refractivity contribution in [3.8, 4) is 11.8 Å². The van der Waals surface area contributed by atoms with Crippen LogP contribution in [0.3, 0.4) is 0 Å². The minimum absolute atomic E-state index is 0.251. The summed E-state index contributed by atoms with van der Waals surface area (Å²) in [4.78, 5) is 13.2. The van der Waals surface area contributed by atoms with E-state index in [-0.39, 0.29) is 11.0 Å². The number of rotatable bonds is 2. The molecule has 2 N–H and O–H groups in total. The summed E-state index contributed by atoms with van der Waals surface area (Å²) in [6.45, 7) is 1.51. The van der Waals surface area contributed by atoms with Gasteiger partial charge in [-0.15, -0.1) is 0 Å². The molecule has 1 saturated heterocycles. The van der Waals surface area contributed by atoms with Crippen molar-refractivity contribution < 1.29 is 4.74 Å². The maximum Gasteiger partial charge on any atom is 0.158 e. The molecular weight excluding hydrogens is 367 g/mol. The quantitative estimate of drug-likeness (QED) is 0.800. The summed E-state index contributed by atoms with van der Waals surface area (Å²) in [5.74, 6) is 6.90. The molecule has 3 heterocycles. The maximum absolute atomic E-state index is 6.43. The predicted octanol–water partition coefficient (Wildman–Crippen LogP) is 3.69. The topological polar surface area (TPSA) is 73.9 Å². The second kappa shape index (κ2) is 8.04. The Morgan fingerprint density at radius 3 is 2.79 bits per heavy atom. The van der Waals surface area contributed by atoms with E-state index < -0.39 is 0 Å². The van der Waals surface area contributed by atoms with Gasteiger partial charge in [0.15, 0.2) is 5.82 Å². The van der Waals surface area contributed by atoms with E-state index >= 15 is 0 Å². The van der Waals surface area contributed by atoms with E-state index in [1.165, 1.54) is 18.0 Å². The molecule has 1 fully saturated rings. The summed E-state index contributed by atoms with van der Waals surface area (Å²) in [6.07, 6.45) is 4.99. The molecule has 1 aliphatic heterocycles. The number of anilines is 1. The van der Waals surface area contributed by atoms with Crippen molar-refractivity contribution in [2.45, 2.75) is 22.8 Å². The van der Waals surface area contributed by atoms with E-state index in [0.717, 1.165) is 31.0 Å². The van der Waals surface area contributed by atoms with Crippen LogP contribution in [0.5, 0.6) is 0 Å². The number of nitrogens with two attached hydrogens (primary N) is 1. The van der Waals surface area contributed by atoms with Crippen molar-refractivity contribution in [1.82, 2.24) is 15.0 Å². The highest BCUT2D eigenvalue weighted by Crippen LogP contribution is 2.35. The van der Waals surface area contributed by atoms with Gasteiger partial charge >= 0.3 is 0 Å². The Labute approximate surface area is 154 Å². The van der Waals surface area contributed by atoms with Crippen molar-refractivity contribution in [3.05, 3.63) is 34.3 Å². The fourth-order valence-corrected chi connectivity index (χ4v) is 3.35. The van der Waals surface area contributed by atoms with Gasteiger partial charge in [0.1, 0.15) is 15.9 Å². The molecule has 2 aromatic rings. The van der Waals surface area contributed by atoms with Crippen molar-refractivity contribution in [2.75, 3.05) is 18.9 Å². The van der Waals surface area contributed by atoms with E-state index in [1.54, 1.807) is 12.3 Å². The molecule has 1 aliphatic rings. The molecule has 5 nitrogen and oxygen atoms in total. The smallest absolute Gasteiger partial charge is 0.158 e. The molecule has 0 bridgehead atoms. The SMILES string of the molecule is Nc1nc(Cl)cnc1Sc1ccnc(C#CC2CCOCC2)c1Cl. The molecule has 0 saturated carbocycles. The van der Waals surface area contributed by atoms with E-state index in [4.69, 9.17) is 33.7 Å². The molecule has 24 heavy (non-hydrogen) atoms. The Balaban J connectivity index is 1.81. The molecule has 0 radical (unpaired) electrons. The van der Waals surface area contributed by atoms with Gasteiger partial charge in [-0.25, -0.2) is 15.0 Å². The van der Waals surface area contributed by atoms with Crippen LogP contribution in [0.4, 0.5) is 5.82 Å². The van der Waals surface area contributed by atoms with E-state index in [0.29, 0.717) is 21.7 Å². The molecule has 0 amide bonds. The summed E-state index contributed by atoms with van der Waals surface area (Å²) >= 11 is 13.5. The van der Waals surface area contributed by atoms with Crippen LogP contribution in [-0.4, -0.2) is 28.2 Å². The second-order valence-corrected chi connectivity index (χ2v) is 6.91. The van der Waals surface area contributed by atoms with Gasteiger partial charge in [0.2, 0.25) is 0 Å². The monoisotopic (exact) mass is 380 g/mol. The highest BCUT2D eigenvalue weighted by atomic mass is 35.5. The van der Waals surface area contributed by atoms with Crippen LogP contribution in [0.15, 0.2) is 28.4 Å². The molecule has 2 aromatic heterocycles. The van der Waals surface area contributed by atoms with Gasteiger partial charge in [-0.1, -0.05) is 40.9 Å². The molecule has 0 aliphatic carbocycles. The molecule has 0 atom stereocenters. The second-order valence-electron chi connectivity index (χ2n) is 5.11. The minimum atomic E-state index is 0.251. The zero-order valence-electron chi connectivity index (χ0n) is 12.6. The first-order valence-corrected chi connectivity index (χ1v) is 8.90. The molecule has 8 heteroatoms. The third-order valence-corrected chi connectivity index (χ3v) is 5.16. The molecule has 0 spiro atoms. The van der Waals surface area contributed by atoms with Crippen molar-refractivity contribution in [1.29, 1.82) is 0 Å². The zero-order chi connectivity index (χ0) is 16.9. The van der Waals surface area contributed by atoms with Gasteiger partial charge in [-0.05, 0) is 24.8 Å². The van der Waals surface area contributed by atoms with Crippen LogP contribution in [0.25, 0.3) is 0 Å². The van der Waals surface area contributed by atoms with Crippen molar-refractivity contribution in [3.63, 3.8) is 0 Å². The summed E-state index contributed by atoms with van der Waals surface area (Å²) in [6, 6.07) is 1.79. The largest absolute Gasteiger partial charge is 0.381 e. The molecular formula is C16H14Cl2N4OS. The normalized spacial score (nSPS) is 14.9. The van der Waals surface area contributed by atoms with E-state index in [1.807, 2.05) is 0 Å². The summed E-state index contributed by atoms with van der Waals surface area (Å²) in [5, 5.41) is 1.27. The van der Waals surface area contributed by atoms with E-state index in [9.17, 15) is 0 Å². The van der Waals surface area contributed by atoms with Crippen LogP contribution in [0.2, 0.25) is 10.2 Å². The number of nitrogen functional groups attached to an aromatic ring is 1. The average molecular weight is 381 g/mol. The lowest BCUT2D eigenvalue weighted by molar-refractivity contribution is 0.0807. The van der Waals surface area contributed by atoms with Gasteiger partial charge in [0.25, 0.3) is 0 Å². The Kier molecular flexibility index (Phi) is 5.80. The Bertz CT molecular complexity index is 800. The van der Waals surface area contributed by atoms with Gasteiger partial charge in [-0.3, -0.25) is 0 Å². The van der Waals surface area contributed by atoms with Gasteiger partial charge in [0, 0.05) is 30.2 Å². The van der Waals surface area contributed by atoms with Crippen molar-refractivity contribution in [2.24, 2.45) is 5.92 Å². The number of halogens is 2. The molecule has 124 valence electrons. The van der Waals surface area contributed by atoms with Crippen LogP contribution in [0.1, 0.15) is 18.5 Å². The van der Waals surface area contributed by atoms with Gasteiger partial charge in [-0.2, -0.15) is 0 Å². The lowest BCUT2D eigenvalue weighted by Gasteiger charge is -2.16. The maximum atomic E-state index is 6.43. The highest BCUT2D eigenvalue weighted by molar-refractivity contribution is 7.99. The van der Waals surface area contributed by atoms with Crippen LogP contribution in [-0.2, 0) is 4.74 Å². The number of hydrogen-bond donors (Lipinski definition) is 1. The number of pyridine rings is 1. The molecule has 0 unspecified atom stereocenters. The lowest BCUT2D eigenvalue weighted by Crippen LogP contribution is -2.13. The van der Waals surface area contributed by atoms with Gasteiger partial charge in [0.05, 0.1) is 11.2 Å². The first-order chi connectivity index (χ1) is 11.6. The minimum Gasteiger partial charge on any atom is -0.381 e. The Morgan fingerprint density at radius 2 is 2.04 bits per heavy atom. The standard InChI is InChI=1S/C16H14Cl2N4OS/c17-13-9-21-16(15(19)22-13)24-12-3-6-20-11(14(12)18)2-1-10-4-7-23-8-5-10/h3,6,9-10H,4-5,7-8H2,(H2,19,22). The molecule has 0 aromatic carbocycles. The number of nitrogens with zero attached hydrogens (tertiary/aromatic N) is 3. The Morgan fingerprint density at radius 1 is 1.25 bits per heavy atom. The molecule has 3 rings (SSSR count). The first-order valence-electron chi connectivity index (χ1n) is 7.33. The zero-order valence-corrected chi connectivity index (χ0v) is 15.0. The van der Waals surface area contributed by atoms with Crippen LogP contribution in [0, 0.1) is 17.8 Å². The summed E-state index contributed by atoms with van der Waals surface area (Å²) in [5.41, 5.74) is 6.39. The summed E-state index contributed by atoms with van der Waals surface area (Å²) < 4.78 is 5.33.